The van der Waals surface area contributed by atoms with Crippen LogP contribution in [0.1, 0.15) is 19.3 Å². The zero-order valence-electron chi connectivity index (χ0n) is 8.47. The lowest BCUT2D eigenvalue weighted by atomic mass is 9.80. The zero-order chi connectivity index (χ0) is 12.5. The van der Waals surface area contributed by atoms with Gasteiger partial charge in [0.2, 0.25) is 0 Å². The van der Waals surface area contributed by atoms with Gasteiger partial charge in [-0.1, -0.05) is 0 Å². The number of aliphatic hydroxyl groups is 4. The predicted molar refractivity (Wildman–Crippen MR) is 52.6 cm³/mol. The van der Waals surface area contributed by atoms with Crippen LogP contribution in [0.4, 0.5) is 0 Å². The molecule has 7 nitrogen and oxygen atoms in total. The third kappa shape index (κ3) is 3.37. The molecule has 0 aliphatic heterocycles. The molecule has 0 aromatic carbocycles. The zero-order valence-corrected chi connectivity index (χ0v) is 9.29. The molecule has 5 N–H and O–H groups in total. The minimum absolute atomic E-state index is 0.0975. The molecule has 2 unspecified atom stereocenters. The van der Waals surface area contributed by atoms with E-state index in [1.165, 1.54) is 0 Å². The van der Waals surface area contributed by atoms with Gasteiger partial charge in [0.15, 0.2) is 12.6 Å². The molecule has 0 bridgehead atoms. The Morgan fingerprint density at radius 3 is 1.50 bits per heavy atom. The summed E-state index contributed by atoms with van der Waals surface area (Å²) in [5, 5.41) is 34.7. The van der Waals surface area contributed by atoms with Crippen molar-refractivity contribution in [2.75, 3.05) is 0 Å². The van der Waals surface area contributed by atoms with Crippen molar-refractivity contribution in [3.8, 4) is 0 Å². The van der Waals surface area contributed by atoms with Crippen molar-refractivity contribution in [1.82, 2.24) is 0 Å². The van der Waals surface area contributed by atoms with Crippen LogP contribution in [0.5, 0.6) is 0 Å². The van der Waals surface area contributed by atoms with E-state index < -0.39 is 39.8 Å². The molecule has 0 heterocycles. The molecule has 1 saturated carbocycles. The van der Waals surface area contributed by atoms with Crippen LogP contribution in [0.3, 0.4) is 0 Å². The molecule has 1 aliphatic rings. The molecule has 0 aromatic rings. The molecule has 0 saturated heterocycles. The Balaban J connectivity index is 2.83. The fourth-order valence-electron chi connectivity index (χ4n) is 2.08. The van der Waals surface area contributed by atoms with Gasteiger partial charge < -0.3 is 20.4 Å². The standard InChI is InChI=1S/C8H16O7S/c9-7(10)4-1-5(8(11)12)3-6(2-4)16(13,14)15/h4-12H,1-3H2,(H,13,14,15). The molecule has 1 aliphatic carbocycles. The van der Waals surface area contributed by atoms with Gasteiger partial charge in [-0.3, -0.25) is 4.55 Å². The monoisotopic (exact) mass is 256 g/mol. The van der Waals surface area contributed by atoms with Crippen LogP contribution in [-0.2, 0) is 10.1 Å². The molecule has 0 amide bonds. The average molecular weight is 256 g/mol. The van der Waals surface area contributed by atoms with Crippen LogP contribution >= 0.6 is 0 Å². The van der Waals surface area contributed by atoms with Crippen LogP contribution in [-0.4, -0.2) is 51.2 Å². The molecule has 2 atom stereocenters. The maximum atomic E-state index is 11.0. The molecule has 1 rings (SSSR count). The second kappa shape index (κ2) is 4.94. The third-order valence-corrected chi connectivity index (χ3v) is 4.23. The summed E-state index contributed by atoms with van der Waals surface area (Å²) in [6, 6.07) is 0. The van der Waals surface area contributed by atoms with Crippen molar-refractivity contribution in [1.29, 1.82) is 0 Å². The van der Waals surface area contributed by atoms with Crippen molar-refractivity contribution in [3.63, 3.8) is 0 Å². The van der Waals surface area contributed by atoms with E-state index in [0.717, 1.165) is 0 Å². The first kappa shape index (κ1) is 13.8. The number of hydrogen-bond donors (Lipinski definition) is 5. The number of hydrogen-bond acceptors (Lipinski definition) is 6. The predicted octanol–water partition coefficient (Wildman–Crippen LogP) is -1.72. The fraction of sp³-hybridized carbons (Fsp3) is 1.00. The first-order valence-corrected chi connectivity index (χ1v) is 6.40. The van der Waals surface area contributed by atoms with Crippen molar-refractivity contribution in [3.05, 3.63) is 0 Å². The molecule has 1 fully saturated rings. The lowest BCUT2D eigenvalue weighted by molar-refractivity contribution is -0.133. The van der Waals surface area contributed by atoms with E-state index in [4.69, 9.17) is 25.0 Å². The highest BCUT2D eigenvalue weighted by Gasteiger charge is 2.39. The topological polar surface area (TPSA) is 135 Å². The Bertz CT molecular complexity index is 307. The van der Waals surface area contributed by atoms with E-state index in [1.807, 2.05) is 0 Å². The van der Waals surface area contributed by atoms with Crippen LogP contribution < -0.4 is 0 Å². The Morgan fingerprint density at radius 2 is 1.25 bits per heavy atom. The minimum Gasteiger partial charge on any atom is -0.368 e. The highest BCUT2D eigenvalue weighted by atomic mass is 32.2. The smallest absolute Gasteiger partial charge is 0.267 e. The second-order valence-electron chi connectivity index (χ2n) is 4.19. The number of aliphatic hydroxyl groups excluding tert-OH is 2. The lowest BCUT2D eigenvalue weighted by Gasteiger charge is -2.34. The van der Waals surface area contributed by atoms with Gasteiger partial charge in [0.25, 0.3) is 10.1 Å². The lowest BCUT2D eigenvalue weighted by Crippen LogP contribution is -2.40. The first-order valence-electron chi connectivity index (χ1n) is 4.90. The van der Waals surface area contributed by atoms with Gasteiger partial charge in [-0.15, -0.1) is 0 Å². The summed E-state index contributed by atoms with van der Waals surface area (Å²) >= 11 is 0. The van der Waals surface area contributed by atoms with E-state index in [1.54, 1.807) is 0 Å². The van der Waals surface area contributed by atoms with E-state index >= 15 is 0 Å². The van der Waals surface area contributed by atoms with Gasteiger partial charge in [-0.05, 0) is 19.3 Å². The Hall–Kier alpha value is -0.250. The maximum absolute atomic E-state index is 11.0. The summed E-state index contributed by atoms with van der Waals surface area (Å²) < 4.78 is 30.8. The van der Waals surface area contributed by atoms with Crippen molar-refractivity contribution in [2.24, 2.45) is 11.8 Å². The molecule has 0 radical (unpaired) electrons. The van der Waals surface area contributed by atoms with Gasteiger partial charge >= 0.3 is 0 Å². The maximum Gasteiger partial charge on any atom is 0.267 e. The van der Waals surface area contributed by atoms with E-state index in [-0.39, 0.29) is 19.3 Å². The first-order chi connectivity index (χ1) is 7.21. The minimum atomic E-state index is -4.30. The summed E-state index contributed by atoms with van der Waals surface area (Å²) in [6.45, 7) is 0. The quantitative estimate of drug-likeness (QED) is 0.299. The normalized spacial score (nSPS) is 32.3. The third-order valence-electron chi connectivity index (χ3n) is 3.00. The molecular weight excluding hydrogens is 240 g/mol. The molecule has 0 aromatic heterocycles. The molecule has 8 heteroatoms. The Kier molecular flexibility index (Phi) is 4.27. The highest BCUT2D eigenvalue weighted by molar-refractivity contribution is 7.86. The Labute approximate surface area is 93.1 Å². The average Bonchev–Trinajstić information content (AvgIpc) is 2.15. The highest BCUT2D eigenvalue weighted by Crippen LogP contribution is 2.35. The second-order valence-corrected chi connectivity index (χ2v) is 5.89. The van der Waals surface area contributed by atoms with Crippen LogP contribution in [0.2, 0.25) is 0 Å². The fourth-order valence-corrected chi connectivity index (χ4v) is 3.06. The number of rotatable bonds is 3. The van der Waals surface area contributed by atoms with Crippen LogP contribution in [0.15, 0.2) is 0 Å². The van der Waals surface area contributed by atoms with E-state index in [0.29, 0.717) is 0 Å². The van der Waals surface area contributed by atoms with Gasteiger partial charge in [-0.2, -0.15) is 8.42 Å². The Morgan fingerprint density at radius 1 is 0.875 bits per heavy atom. The van der Waals surface area contributed by atoms with Crippen LogP contribution in [0.25, 0.3) is 0 Å². The van der Waals surface area contributed by atoms with Gasteiger partial charge in [0, 0.05) is 11.8 Å². The molecule has 96 valence electrons. The van der Waals surface area contributed by atoms with Crippen LogP contribution in [0, 0.1) is 11.8 Å². The largest absolute Gasteiger partial charge is 0.368 e. The SMILES string of the molecule is O=S(=O)(O)C1CC(C(O)O)CC(C(O)O)C1. The molecule has 0 spiro atoms. The summed E-state index contributed by atoms with van der Waals surface area (Å²) in [5.41, 5.74) is 0. The van der Waals surface area contributed by atoms with Crippen molar-refractivity contribution >= 4 is 10.1 Å². The van der Waals surface area contributed by atoms with E-state index in [2.05, 4.69) is 0 Å². The van der Waals surface area contributed by atoms with Gasteiger partial charge in [-0.25, -0.2) is 0 Å². The summed E-state index contributed by atoms with van der Waals surface area (Å²) in [6.07, 6.45) is -3.56. The summed E-state index contributed by atoms with van der Waals surface area (Å²) in [7, 11) is -4.30. The van der Waals surface area contributed by atoms with Crippen molar-refractivity contribution < 1.29 is 33.4 Å². The van der Waals surface area contributed by atoms with Crippen molar-refractivity contribution in [2.45, 2.75) is 37.1 Å². The molecule has 16 heavy (non-hydrogen) atoms. The molecular formula is C8H16O7S. The summed E-state index contributed by atoms with van der Waals surface area (Å²) in [4.78, 5) is 0. The van der Waals surface area contributed by atoms with E-state index in [9.17, 15) is 8.42 Å². The van der Waals surface area contributed by atoms with Gasteiger partial charge in [0.1, 0.15) is 0 Å². The summed E-state index contributed by atoms with van der Waals surface area (Å²) in [5.74, 6) is -1.57. The van der Waals surface area contributed by atoms with Gasteiger partial charge in [0.05, 0.1) is 5.25 Å².